The molecule has 2 rings (SSSR count). The fraction of sp³-hybridized carbons (Fsp3) is 1.00. The van der Waals surface area contributed by atoms with Crippen LogP contribution in [0.4, 0.5) is 0 Å². The second-order valence-electron chi connectivity index (χ2n) is 5.08. The molecule has 2 fully saturated rings. The van der Waals surface area contributed by atoms with E-state index >= 15 is 0 Å². The largest absolute Gasteiger partial charge is 0.304 e. The zero-order chi connectivity index (χ0) is 10.7. The summed E-state index contributed by atoms with van der Waals surface area (Å²) in [7, 11) is 2.21. The minimum atomic E-state index is 0.883. The average molecular weight is 212 g/mol. The van der Waals surface area contributed by atoms with Gasteiger partial charge in [-0.15, -0.1) is 0 Å². The fourth-order valence-electron chi connectivity index (χ4n) is 2.53. The maximum atomic E-state index is 5.76. The molecule has 0 aromatic heterocycles. The van der Waals surface area contributed by atoms with Gasteiger partial charge in [0.1, 0.15) is 0 Å². The molecule has 2 saturated heterocycles. The zero-order valence-corrected chi connectivity index (χ0v) is 9.86. The van der Waals surface area contributed by atoms with Crippen molar-refractivity contribution < 1.29 is 0 Å². The van der Waals surface area contributed by atoms with E-state index in [4.69, 9.17) is 5.84 Å². The highest BCUT2D eigenvalue weighted by molar-refractivity contribution is 4.76. The molecule has 15 heavy (non-hydrogen) atoms. The van der Waals surface area contributed by atoms with Gasteiger partial charge in [0.15, 0.2) is 0 Å². The van der Waals surface area contributed by atoms with Crippen molar-refractivity contribution in [2.75, 3.05) is 52.9 Å². The van der Waals surface area contributed by atoms with Crippen LogP contribution in [0.1, 0.15) is 12.8 Å². The Bertz CT molecular complexity index is 161. The molecule has 4 nitrogen and oxygen atoms in total. The first-order valence-corrected chi connectivity index (χ1v) is 6.14. The summed E-state index contributed by atoms with van der Waals surface area (Å²) >= 11 is 0. The quantitative estimate of drug-likeness (QED) is 0.644. The molecule has 0 atom stereocenters. The van der Waals surface area contributed by atoms with Crippen molar-refractivity contribution >= 4 is 0 Å². The van der Waals surface area contributed by atoms with Crippen LogP contribution < -0.4 is 5.84 Å². The third kappa shape index (κ3) is 3.41. The Balaban J connectivity index is 1.68. The molecule has 0 bridgehead atoms. The van der Waals surface area contributed by atoms with E-state index in [1.807, 2.05) is 5.01 Å². The normalized spacial score (nSPS) is 28.4. The molecular weight excluding hydrogens is 188 g/mol. The summed E-state index contributed by atoms with van der Waals surface area (Å²) in [5, 5.41) is 1.96. The van der Waals surface area contributed by atoms with Crippen molar-refractivity contribution in [1.82, 2.24) is 14.8 Å². The molecule has 0 aromatic carbocycles. The van der Waals surface area contributed by atoms with Crippen LogP contribution in [0.15, 0.2) is 0 Å². The third-order valence-corrected chi connectivity index (χ3v) is 3.76. The van der Waals surface area contributed by atoms with E-state index in [0.717, 1.165) is 19.0 Å². The maximum Gasteiger partial charge on any atom is 0.0131 e. The first kappa shape index (κ1) is 11.3. The number of hydrogen-bond donors (Lipinski definition) is 1. The smallest absolute Gasteiger partial charge is 0.0131 e. The number of piperidine rings is 1. The van der Waals surface area contributed by atoms with Crippen molar-refractivity contribution in [3.8, 4) is 0 Å². The number of piperazine rings is 1. The van der Waals surface area contributed by atoms with E-state index in [1.165, 1.54) is 45.6 Å². The number of hydrazine groups is 1. The van der Waals surface area contributed by atoms with Gasteiger partial charge in [0.05, 0.1) is 0 Å². The molecule has 0 aliphatic carbocycles. The number of likely N-dealkylation sites (N-methyl/N-ethyl adjacent to an activating group) is 1. The Kier molecular flexibility index (Phi) is 3.97. The number of nitrogens with two attached hydrogens (primary N) is 1. The van der Waals surface area contributed by atoms with E-state index < -0.39 is 0 Å². The number of rotatable bonds is 2. The summed E-state index contributed by atoms with van der Waals surface area (Å²) in [4.78, 5) is 5.04. The lowest BCUT2D eigenvalue weighted by atomic mass is 9.97. The van der Waals surface area contributed by atoms with Gasteiger partial charge in [-0.3, -0.25) is 5.84 Å². The van der Waals surface area contributed by atoms with Crippen LogP contribution in [0.2, 0.25) is 0 Å². The average Bonchev–Trinajstić information content (AvgIpc) is 2.25. The summed E-state index contributed by atoms with van der Waals surface area (Å²) in [6.07, 6.45) is 2.56. The molecule has 0 saturated carbocycles. The van der Waals surface area contributed by atoms with Gasteiger partial charge in [-0.25, -0.2) is 5.01 Å². The topological polar surface area (TPSA) is 35.7 Å². The lowest BCUT2D eigenvalue weighted by Crippen LogP contribution is -2.48. The molecule has 0 amide bonds. The summed E-state index contributed by atoms with van der Waals surface area (Å²) in [5.41, 5.74) is 0. The standard InChI is InChI=1S/C11H24N4/c1-13-6-8-14(9-7-13)10-11-2-4-15(12)5-3-11/h11H,2-10,12H2,1H3. The molecule has 2 aliphatic heterocycles. The molecule has 2 aliphatic rings. The SMILES string of the molecule is CN1CCN(CC2CCN(N)CC2)CC1. The van der Waals surface area contributed by atoms with Crippen LogP contribution in [-0.2, 0) is 0 Å². The molecule has 88 valence electrons. The summed E-state index contributed by atoms with van der Waals surface area (Å²) < 4.78 is 0. The summed E-state index contributed by atoms with van der Waals surface area (Å²) in [6, 6.07) is 0. The molecule has 4 heteroatoms. The van der Waals surface area contributed by atoms with Crippen molar-refractivity contribution in [3.05, 3.63) is 0 Å². The first-order valence-electron chi connectivity index (χ1n) is 6.14. The van der Waals surface area contributed by atoms with Crippen LogP contribution in [0, 0.1) is 5.92 Å². The predicted octanol–water partition coefficient (Wildman–Crippen LogP) is -0.180. The lowest BCUT2D eigenvalue weighted by molar-refractivity contribution is 0.106. The highest BCUT2D eigenvalue weighted by Crippen LogP contribution is 2.17. The monoisotopic (exact) mass is 212 g/mol. The van der Waals surface area contributed by atoms with Crippen LogP contribution in [-0.4, -0.2) is 67.7 Å². The van der Waals surface area contributed by atoms with Gasteiger partial charge in [-0.2, -0.15) is 0 Å². The highest BCUT2D eigenvalue weighted by Gasteiger charge is 2.21. The molecule has 2 N–H and O–H groups in total. The highest BCUT2D eigenvalue weighted by atomic mass is 15.4. The molecule has 0 spiro atoms. The third-order valence-electron chi connectivity index (χ3n) is 3.76. The van der Waals surface area contributed by atoms with E-state index in [2.05, 4.69) is 16.8 Å². The number of nitrogens with zero attached hydrogens (tertiary/aromatic N) is 3. The Morgan fingerprint density at radius 2 is 1.60 bits per heavy atom. The van der Waals surface area contributed by atoms with Crippen LogP contribution in [0.3, 0.4) is 0 Å². The number of hydrogen-bond acceptors (Lipinski definition) is 4. The van der Waals surface area contributed by atoms with Crippen molar-refractivity contribution in [1.29, 1.82) is 0 Å². The molecular formula is C11H24N4. The Morgan fingerprint density at radius 3 is 2.20 bits per heavy atom. The second-order valence-corrected chi connectivity index (χ2v) is 5.08. The van der Waals surface area contributed by atoms with Crippen molar-refractivity contribution in [3.63, 3.8) is 0 Å². The second kappa shape index (κ2) is 5.25. The maximum absolute atomic E-state index is 5.76. The molecule has 0 radical (unpaired) electrons. The molecule has 0 aromatic rings. The van der Waals surface area contributed by atoms with E-state index in [9.17, 15) is 0 Å². The predicted molar refractivity (Wildman–Crippen MR) is 62.4 cm³/mol. The van der Waals surface area contributed by atoms with Gasteiger partial charge in [0.25, 0.3) is 0 Å². The van der Waals surface area contributed by atoms with E-state index in [1.54, 1.807) is 0 Å². The Hall–Kier alpha value is -0.160. The van der Waals surface area contributed by atoms with Crippen LogP contribution in [0.25, 0.3) is 0 Å². The van der Waals surface area contributed by atoms with Gasteiger partial charge in [-0.05, 0) is 25.8 Å². The van der Waals surface area contributed by atoms with Gasteiger partial charge in [0, 0.05) is 45.8 Å². The molecule has 0 unspecified atom stereocenters. The first-order chi connectivity index (χ1) is 7.24. The summed E-state index contributed by atoms with van der Waals surface area (Å²) in [5.74, 6) is 6.64. The Labute approximate surface area is 93.0 Å². The zero-order valence-electron chi connectivity index (χ0n) is 9.86. The van der Waals surface area contributed by atoms with Gasteiger partial charge < -0.3 is 9.80 Å². The van der Waals surface area contributed by atoms with Crippen molar-refractivity contribution in [2.24, 2.45) is 11.8 Å². The minimum Gasteiger partial charge on any atom is -0.304 e. The van der Waals surface area contributed by atoms with Crippen LogP contribution >= 0.6 is 0 Å². The van der Waals surface area contributed by atoms with E-state index in [0.29, 0.717) is 0 Å². The van der Waals surface area contributed by atoms with Gasteiger partial charge in [0.2, 0.25) is 0 Å². The van der Waals surface area contributed by atoms with Gasteiger partial charge >= 0.3 is 0 Å². The Morgan fingerprint density at radius 1 is 1.00 bits per heavy atom. The minimum absolute atomic E-state index is 0.883. The molecule has 2 heterocycles. The van der Waals surface area contributed by atoms with Crippen molar-refractivity contribution in [2.45, 2.75) is 12.8 Å². The van der Waals surface area contributed by atoms with E-state index in [-0.39, 0.29) is 0 Å². The van der Waals surface area contributed by atoms with Crippen LogP contribution in [0.5, 0.6) is 0 Å². The van der Waals surface area contributed by atoms with Gasteiger partial charge in [-0.1, -0.05) is 0 Å². The summed E-state index contributed by atoms with van der Waals surface area (Å²) in [6.45, 7) is 8.42. The lowest BCUT2D eigenvalue weighted by Gasteiger charge is -2.36. The fourth-order valence-corrected chi connectivity index (χ4v) is 2.53.